The first-order valence-corrected chi connectivity index (χ1v) is 10.3. The van der Waals surface area contributed by atoms with Gasteiger partial charge in [0.2, 0.25) is 5.95 Å². The molecule has 0 unspecified atom stereocenters. The number of piperazine rings is 1. The van der Waals surface area contributed by atoms with Crippen LogP contribution in [0.3, 0.4) is 0 Å². The van der Waals surface area contributed by atoms with Crippen molar-refractivity contribution in [3.05, 3.63) is 36.7 Å². The molecular formula is C21H26ClN9. The number of halogens is 1. The summed E-state index contributed by atoms with van der Waals surface area (Å²) in [5.41, 5.74) is 3.72. The molecule has 1 aliphatic rings. The van der Waals surface area contributed by atoms with Crippen molar-refractivity contribution >= 4 is 51.8 Å². The Morgan fingerprint density at radius 3 is 2.48 bits per heavy atom. The maximum absolute atomic E-state index is 4.76. The molecule has 0 atom stereocenters. The van der Waals surface area contributed by atoms with Gasteiger partial charge in [-0.3, -0.25) is 0 Å². The van der Waals surface area contributed by atoms with Crippen molar-refractivity contribution in [2.24, 2.45) is 0 Å². The molecule has 0 bridgehead atoms. The summed E-state index contributed by atoms with van der Waals surface area (Å²) in [5.74, 6) is 1.22. The summed E-state index contributed by atoms with van der Waals surface area (Å²) in [4.78, 5) is 18.5. The van der Waals surface area contributed by atoms with Gasteiger partial charge < -0.3 is 15.1 Å². The monoisotopic (exact) mass is 439 g/mol. The number of fused-ring (bicyclic) bond motifs is 3. The molecule has 1 saturated heterocycles. The van der Waals surface area contributed by atoms with Crippen LogP contribution in [0.25, 0.3) is 21.9 Å². The van der Waals surface area contributed by atoms with Crippen molar-refractivity contribution < 1.29 is 0 Å². The minimum absolute atomic E-state index is 0. The Morgan fingerprint density at radius 1 is 0.968 bits per heavy atom. The molecule has 9 nitrogen and oxygen atoms in total. The van der Waals surface area contributed by atoms with Gasteiger partial charge in [0.15, 0.2) is 0 Å². The fourth-order valence-corrected chi connectivity index (χ4v) is 3.77. The van der Waals surface area contributed by atoms with Crippen LogP contribution in [0.4, 0.5) is 17.5 Å². The zero-order valence-electron chi connectivity index (χ0n) is 17.9. The smallest absolute Gasteiger partial charge is 0.228 e. The van der Waals surface area contributed by atoms with E-state index in [-0.39, 0.29) is 18.4 Å². The first-order chi connectivity index (χ1) is 14.6. The van der Waals surface area contributed by atoms with Crippen molar-refractivity contribution in [3.8, 4) is 0 Å². The standard InChI is InChI=1S/C21H25N9.ClH/c1-14(2)30-20-17(26-27-30)6-4-15-12-23-21(25-19(15)20)24-18-7-5-16(13-22-18)29-10-8-28(3)9-11-29;/h4-7,12-14H,8-11H2,1-3H3,(H,22,23,24,25);1H. The van der Waals surface area contributed by atoms with E-state index in [1.807, 2.05) is 35.3 Å². The molecular weight excluding hydrogens is 414 g/mol. The van der Waals surface area contributed by atoms with Crippen LogP contribution in [0.2, 0.25) is 0 Å². The number of likely N-dealkylation sites (N-methyl/N-ethyl adjacent to an activating group) is 1. The molecule has 1 aromatic carbocycles. The number of hydrogen-bond acceptors (Lipinski definition) is 8. The van der Waals surface area contributed by atoms with E-state index in [4.69, 9.17) is 4.98 Å². The van der Waals surface area contributed by atoms with Gasteiger partial charge in [-0.15, -0.1) is 17.5 Å². The Balaban J connectivity index is 0.00000231. The minimum Gasteiger partial charge on any atom is -0.368 e. The van der Waals surface area contributed by atoms with E-state index < -0.39 is 0 Å². The second-order valence-corrected chi connectivity index (χ2v) is 8.01. The molecule has 10 heteroatoms. The van der Waals surface area contributed by atoms with E-state index in [0.29, 0.717) is 5.95 Å². The normalized spacial score (nSPS) is 14.9. The number of anilines is 3. The van der Waals surface area contributed by atoms with E-state index in [9.17, 15) is 0 Å². The molecule has 0 spiro atoms. The topological polar surface area (TPSA) is 87.9 Å². The van der Waals surface area contributed by atoms with Crippen molar-refractivity contribution in [2.45, 2.75) is 19.9 Å². The fourth-order valence-electron chi connectivity index (χ4n) is 3.77. The number of pyridine rings is 1. The van der Waals surface area contributed by atoms with Crippen LogP contribution in [-0.4, -0.2) is 68.1 Å². The minimum atomic E-state index is 0. The molecule has 0 amide bonds. The number of aromatic nitrogens is 6. The van der Waals surface area contributed by atoms with Crippen LogP contribution < -0.4 is 10.2 Å². The molecule has 0 radical (unpaired) electrons. The lowest BCUT2D eigenvalue weighted by molar-refractivity contribution is 0.313. The average Bonchev–Trinajstić information content (AvgIpc) is 3.20. The first-order valence-electron chi connectivity index (χ1n) is 10.3. The summed E-state index contributed by atoms with van der Waals surface area (Å²) in [5, 5.41) is 12.7. The second kappa shape index (κ2) is 8.60. The Labute approximate surface area is 186 Å². The maximum atomic E-state index is 4.76. The molecule has 1 fully saturated rings. The highest BCUT2D eigenvalue weighted by Gasteiger charge is 2.15. The number of benzene rings is 1. The van der Waals surface area contributed by atoms with Crippen LogP contribution in [0.15, 0.2) is 36.7 Å². The van der Waals surface area contributed by atoms with E-state index in [1.54, 1.807) is 0 Å². The number of nitrogens with one attached hydrogen (secondary N) is 1. The van der Waals surface area contributed by atoms with Crippen LogP contribution >= 0.6 is 12.4 Å². The highest BCUT2D eigenvalue weighted by atomic mass is 35.5. The Bertz CT molecular complexity index is 1180. The Kier molecular flexibility index (Phi) is 5.88. The van der Waals surface area contributed by atoms with Crippen molar-refractivity contribution in [2.75, 3.05) is 43.4 Å². The summed E-state index contributed by atoms with van der Waals surface area (Å²) >= 11 is 0. The van der Waals surface area contributed by atoms with Crippen LogP contribution in [0.1, 0.15) is 19.9 Å². The Hall–Kier alpha value is -3.04. The van der Waals surface area contributed by atoms with Gasteiger partial charge in [0, 0.05) is 43.8 Å². The number of hydrogen-bond donors (Lipinski definition) is 1. The third-order valence-electron chi connectivity index (χ3n) is 5.53. The summed E-state index contributed by atoms with van der Waals surface area (Å²) in [7, 11) is 2.16. The van der Waals surface area contributed by atoms with Gasteiger partial charge in [-0.05, 0) is 45.2 Å². The third kappa shape index (κ3) is 4.11. The number of nitrogens with zero attached hydrogens (tertiary/aromatic N) is 8. The van der Waals surface area contributed by atoms with Crippen molar-refractivity contribution in [3.63, 3.8) is 0 Å². The van der Waals surface area contributed by atoms with Gasteiger partial charge in [-0.1, -0.05) is 5.21 Å². The predicted octanol–water partition coefficient (Wildman–Crippen LogP) is 3.27. The summed E-state index contributed by atoms with van der Waals surface area (Å²) in [6.45, 7) is 8.35. The van der Waals surface area contributed by atoms with Gasteiger partial charge in [0.1, 0.15) is 22.4 Å². The predicted molar refractivity (Wildman–Crippen MR) is 125 cm³/mol. The molecule has 5 rings (SSSR count). The summed E-state index contributed by atoms with van der Waals surface area (Å²) < 4.78 is 1.90. The lowest BCUT2D eigenvalue weighted by atomic mass is 10.2. The van der Waals surface area contributed by atoms with E-state index in [0.717, 1.165) is 59.6 Å². The quantitative estimate of drug-likeness (QED) is 0.518. The molecule has 0 saturated carbocycles. The number of rotatable bonds is 4. The summed E-state index contributed by atoms with van der Waals surface area (Å²) in [6, 6.07) is 8.19. The van der Waals surface area contributed by atoms with Gasteiger partial charge in [0.05, 0.1) is 11.9 Å². The van der Waals surface area contributed by atoms with Gasteiger partial charge >= 0.3 is 0 Å². The Morgan fingerprint density at radius 2 is 1.77 bits per heavy atom. The zero-order valence-corrected chi connectivity index (χ0v) is 18.7. The van der Waals surface area contributed by atoms with Crippen LogP contribution in [-0.2, 0) is 0 Å². The lowest BCUT2D eigenvalue weighted by Gasteiger charge is -2.33. The summed E-state index contributed by atoms with van der Waals surface area (Å²) in [6.07, 6.45) is 3.73. The van der Waals surface area contributed by atoms with E-state index in [1.165, 1.54) is 0 Å². The van der Waals surface area contributed by atoms with Gasteiger partial charge in [-0.2, -0.15) is 0 Å². The molecule has 31 heavy (non-hydrogen) atoms. The molecule has 0 aliphatic carbocycles. The first kappa shape index (κ1) is 21.2. The third-order valence-corrected chi connectivity index (χ3v) is 5.53. The second-order valence-electron chi connectivity index (χ2n) is 8.01. The lowest BCUT2D eigenvalue weighted by Crippen LogP contribution is -2.44. The van der Waals surface area contributed by atoms with Crippen molar-refractivity contribution in [1.82, 2.24) is 34.8 Å². The largest absolute Gasteiger partial charge is 0.368 e. The van der Waals surface area contributed by atoms with Crippen molar-refractivity contribution in [1.29, 1.82) is 0 Å². The van der Waals surface area contributed by atoms with Gasteiger partial charge in [0.25, 0.3) is 0 Å². The fraction of sp³-hybridized carbons (Fsp3) is 0.381. The molecule has 162 valence electrons. The highest BCUT2D eigenvalue weighted by molar-refractivity contribution is 6.01. The highest BCUT2D eigenvalue weighted by Crippen LogP contribution is 2.25. The SMILES string of the molecule is CC(C)n1nnc2ccc3cnc(Nc4ccc(N5CCN(C)CC5)cn4)nc3c21.Cl. The average molecular weight is 440 g/mol. The zero-order chi connectivity index (χ0) is 20.7. The van der Waals surface area contributed by atoms with Crippen LogP contribution in [0.5, 0.6) is 0 Å². The van der Waals surface area contributed by atoms with Gasteiger partial charge in [-0.25, -0.2) is 19.6 Å². The molecule has 4 aromatic rings. The molecule has 1 N–H and O–H groups in total. The molecule has 3 aromatic heterocycles. The maximum Gasteiger partial charge on any atom is 0.228 e. The molecule has 4 heterocycles. The van der Waals surface area contributed by atoms with E-state index >= 15 is 0 Å². The van der Waals surface area contributed by atoms with E-state index in [2.05, 4.69) is 62.4 Å². The van der Waals surface area contributed by atoms with Crippen LogP contribution in [0, 0.1) is 0 Å². The molecule has 1 aliphatic heterocycles.